The van der Waals surface area contributed by atoms with Crippen molar-refractivity contribution in [3.8, 4) is 17.2 Å². The molecule has 0 spiro atoms. The number of nitrogens with one attached hydrogen (secondary N) is 1. The molecule has 0 radical (unpaired) electrons. The van der Waals surface area contributed by atoms with Crippen LogP contribution in [-0.4, -0.2) is 32.1 Å². The van der Waals surface area contributed by atoms with Crippen molar-refractivity contribution < 1.29 is 19.0 Å². The van der Waals surface area contributed by atoms with Gasteiger partial charge in [-0.1, -0.05) is 17.7 Å². The predicted molar refractivity (Wildman–Crippen MR) is 118 cm³/mol. The molecule has 6 nitrogen and oxygen atoms in total. The van der Waals surface area contributed by atoms with Crippen molar-refractivity contribution in [2.24, 2.45) is 0 Å². The Morgan fingerprint density at radius 1 is 1.00 bits per heavy atom. The molecule has 3 aromatic rings. The monoisotopic (exact) mass is 424 g/mol. The summed E-state index contributed by atoms with van der Waals surface area (Å²) in [7, 11) is 4.62. The number of pyridine rings is 1. The number of nitrogens with zero attached hydrogens (tertiary/aromatic N) is 1. The van der Waals surface area contributed by atoms with E-state index < -0.39 is 0 Å². The van der Waals surface area contributed by atoms with E-state index in [0.717, 1.165) is 11.3 Å². The summed E-state index contributed by atoms with van der Waals surface area (Å²) >= 11 is 5.93. The molecule has 0 bridgehead atoms. The van der Waals surface area contributed by atoms with E-state index >= 15 is 0 Å². The van der Waals surface area contributed by atoms with Crippen LogP contribution < -0.4 is 19.5 Å². The minimum absolute atomic E-state index is 0.201. The first-order chi connectivity index (χ1) is 14.5. The van der Waals surface area contributed by atoms with Crippen LogP contribution in [-0.2, 0) is 0 Å². The lowest BCUT2D eigenvalue weighted by molar-refractivity contribution is 0.104. The molecule has 0 unspecified atom stereocenters. The van der Waals surface area contributed by atoms with Crippen molar-refractivity contribution in [2.45, 2.75) is 0 Å². The fourth-order valence-corrected chi connectivity index (χ4v) is 2.96. The first kappa shape index (κ1) is 21.2. The van der Waals surface area contributed by atoms with Crippen LogP contribution in [0.3, 0.4) is 0 Å². The molecule has 1 heterocycles. The average molecular weight is 425 g/mol. The Morgan fingerprint density at radius 3 is 2.27 bits per heavy atom. The van der Waals surface area contributed by atoms with Crippen LogP contribution in [0.25, 0.3) is 6.08 Å². The number of carbonyl (C=O) groups excluding carboxylic acids is 1. The molecule has 154 valence electrons. The predicted octanol–water partition coefficient (Wildman–Crippen LogP) is 5.40. The van der Waals surface area contributed by atoms with E-state index in [0.29, 0.717) is 33.7 Å². The zero-order valence-corrected chi connectivity index (χ0v) is 17.6. The Balaban J connectivity index is 1.86. The summed E-state index contributed by atoms with van der Waals surface area (Å²) < 4.78 is 16.0. The third kappa shape index (κ3) is 4.90. The average Bonchev–Trinajstić information content (AvgIpc) is 2.78. The molecule has 0 saturated carbocycles. The number of benzene rings is 2. The third-order valence-corrected chi connectivity index (χ3v) is 4.55. The normalized spacial score (nSPS) is 10.7. The highest BCUT2D eigenvalue weighted by atomic mass is 35.5. The molecule has 3 rings (SSSR count). The zero-order chi connectivity index (χ0) is 21.5. The number of hydrogen-bond donors (Lipinski definition) is 1. The molecule has 0 fully saturated rings. The molecule has 0 atom stereocenters. The van der Waals surface area contributed by atoms with Crippen molar-refractivity contribution in [3.63, 3.8) is 0 Å². The number of rotatable bonds is 8. The molecule has 7 heteroatoms. The molecule has 0 aliphatic rings. The van der Waals surface area contributed by atoms with Gasteiger partial charge in [-0.05, 0) is 60.2 Å². The van der Waals surface area contributed by atoms with Gasteiger partial charge >= 0.3 is 0 Å². The van der Waals surface area contributed by atoms with Gasteiger partial charge in [-0.2, -0.15) is 0 Å². The van der Waals surface area contributed by atoms with Crippen LogP contribution in [0.15, 0.2) is 60.8 Å². The summed E-state index contributed by atoms with van der Waals surface area (Å²) in [5, 5.41) is 3.78. The lowest BCUT2D eigenvalue weighted by atomic mass is 10.1. The highest BCUT2D eigenvalue weighted by molar-refractivity contribution is 6.30. The summed E-state index contributed by atoms with van der Waals surface area (Å²) in [5.74, 6) is 1.77. The van der Waals surface area contributed by atoms with E-state index in [2.05, 4.69) is 10.3 Å². The van der Waals surface area contributed by atoms with E-state index in [1.807, 2.05) is 12.1 Å². The second kappa shape index (κ2) is 9.80. The number of anilines is 2. The van der Waals surface area contributed by atoms with Gasteiger partial charge in [-0.25, -0.2) is 4.98 Å². The van der Waals surface area contributed by atoms with Gasteiger partial charge < -0.3 is 19.5 Å². The van der Waals surface area contributed by atoms with Crippen LogP contribution in [0.4, 0.5) is 11.5 Å². The van der Waals surface area contributed by atoms with Gasteiger partial charge in [0.05, 0.1) is 26.9 Å². The summed E-state index contributed by atoms with van der Waals surface area (Å²) in [5.41, 5.74) is 1.95. The van der Waals surface area contributed by atoms with Crippen LogP contribution in [0.1, 0.15) is 15.9 Å². The number of hydrogen-bond acceptors (Lipinski definition) is 6. The maximum atomic E-state index is 12.8. The van der Waals surface area contributed by atoms with E-state index in [1.165, 1.54) is 13.2 Å². The van der Waals surface area contributed by atoms with Crippen molar-refractivity contribution >= 4 is 35.0 Å². The van der Waals surface area contributed by atoms with Crippen molar-refractivity contribution in [1.82, 2.24) is 4.98 Å². The number of aromatic nitrogens is 1. The van der Waals surface area contributed by atoms with Gasteiger partial charge in [0.15, 0.2) is 17.3 Å². The van der Waals surface area contributed by atoms with Gasteiger partial charge in [0.2, 0.25) is 5.75 Å². The van der Waals surface area contributed by atoms with Crippen LogP contribution in [0.2, 0.25) is 5.02 Å². The smallest absolute Gasteiger partial charge is 0.203 e. The fraction of sp³-hybridized carbons (Fsp3) is 0.130. The maximum Gasteiger partial charge on any atom is 0.203 e. The number of methoxy groups -OCH3 is 3. The molecular weight excluding hydrogens is 404 g/mol. The molecule has 0 saturated heterocycles. The Kier molecular flexibility index (Phi) is 6.93. The second-order valence-corrected chi connectivity index (χ2v) is 6.62. The molecule has 1 N–H and O–H groups in total. The topological polar surface area (TPSA) is 69.7 Å². The Hall–Kier alpha value is -3.51. The van der Waals surface area contributed by atoms with Crippen molar-refractivity contribution in [3.05, 3.63) is 77.0 Å². The molecule has 2 aromatic carbocycles. The molecule has 1 aromatic heterocycles. The first-order valence-corrected chi connectivity index (χ1v) is 9.43. The Labute approximate surface area is 180 Å². The molecular formula is C23H21ClN2O4. The van der Waals surface area contributed by atoms with E-state index in [1.54, 1.807) is 62.9 Å². The number of allylic oxidation sites excluding steroid dienone is 1. The van der Waals surface area contributed by atoms with E-state index in [4.69, 9.17) is 25.8 Å². The van der Waals surface area contributed by atoms with Gasteiger partial charge in [-0.15, -0.1) is 0 Å². The number of halogens is 1. The third-order valence-electron chi connectivity index (χ3n) is 4.29. The molecule has 0 aliphatic heterocycles. The van der Waals surface area contributed by atoms with E-state index in [-0.39, 0.29) is 5.78 Å². The van der Waals surface area contributed by atoms with Gasteiger partial charge in [-0.3, -0.25) is 4.79 Å². The van der Waals surface area contributed by atoms with Gasteiger partial charge in [0, 0.05) is 16.9 Å². The second-order valence-electron chi connectivity index (χ2n) is 6.19. The quantitative estimate of drug-likeness (QED) is 0.385. The summed E-state index contributed by atoms with van der Waals surface area (Å²) in [6, 6.07) is 14.1. The molecule has 0 aliphatic carbocycles. The highest BCUT2D eigenvalue weighted by Gasteiger charge is 2.13. The number of ether oxygens (including phenoxy) is 3. The molecule has 30 heavy (non-hydrogen) atoms. The highest BCUT2D eigenvalue weighted by Crippen LogP contribution is 2.38. The van der Waals surface area contributed by atoms with Crippen LogP contribution in [0, 0.1) is 0 Å². The Bertz CT molecular complexity index is 1040. The van der Waals surface area contributed by atoms with Gasteiger partial charge in [0.25, 0.3) is 0 Å². The number of ketones is 1. The van der Waals surface area contributed by atoms with Crippen LogP contribution >= 0.6 is 11.6 Å². The largest absolute Gasteiger partial charge is 0.493 e. The summed E-state index contributed by atoms with van der Waals surface area (Å²) in [6.07, 6.45) is 4.79. The lowest BCUT2D eigenvalue weighted by Crippen LogP contribution is -2.03. The zero-order valence-electron chi connectivity index (χ0n) is 16.8. The van der Waals surface area contributed by atoms with Crippen molar-refractivity contribution in [2.75, 3.05) is 26.6 Å². The van der Waals surface area contributed by atoms with Gasteiger partial charge in [0.1, 0.15) is 5.82 Å². The Morgan fingerprint density at radius 2 is 1.67 bits per heavy atom. The SMILES string of the molecule is COc1cc(C=CC(=O)c2cccnc2Nc2ccc(Cl)cc2)cc(OC)c1OC. The fourth-order valence-electron chi connectivity index (χ4n) is 2.83. The van der Waals surface area contributed by atoms with Crippen molar-refractivity contribution in [1.29, 1.82) is 0 Å². The summed E-state index contributed by atoms with van der Waals surface area (Å²) in [4.78, 5) is 17.1. The number of carbonyl (C=O) groups is 1. The molecule has 0 amide bonds. The van der Waals surface area contributed by atoms with E-state index in [9.17, 15) is 4.79 Å². The minimum Gasteiger partial charge on any atom is -0.493 e. The standard InChI is InChI=1S/C23H21ClN2O4/c1-28-20-13-15(14-21(29-2)22(20)30-3)6-11-19(27)18-5-4-12-25-23(18)26-17-9-7-16(24)8-10-17/h4-14H,1-3H3,(H,25,26). The minimum atomic E-state index is -0.201. The van der Waals surface area contributed by atoms with Crippen LogP contribution in [0.5, 0.6) is 17.2 Å². The maximum absolute atomic E-state index is 12.8. The first-order valence-electron chi connectivity index (χ1n) is 9.05. The summed E-state index contributed by atoms with van der Waals surface area (Å²) in [6.45, 7) is 0. The lowest BCUT2D eigenvalue weighted by Gasteiger charge is -2.13.